The number of rotatable bonds is 12. The normalized spacial score (nSPS) is 24.9. The molecular formula is C29H37BClNO8. The number of aliphatic carboxylic acids is 1. The summed E-state index contributed by atoms with van der Waals surface area (Å²) in [4.78, 5) is 38.8. The van der Waals surface area contributed by atoms with Crippen molar-refractivity contribution in [3.63, 3.8) is 0 Å². The molecule has 11 heteroatoms. The molecule has 0 radical (unpaired) electrons. The van der Waals surface area contributed by atoms with Gasteiger partial charge in [-0.05, 0) is 85.7 Å². The van der Waals surface area contributed by atoms with Crippen LogP contribution in [0.4, 0.5) is 0 Å². The minimum absolute atomic E-state index is 0.0541. The molecule has 0 unspecified atom stereocenters. The molecule has 4 rings (SSSR count). The lowest BCUT2D eigenvalue weighted by atomic mass is 9.58. The molecule has 0 spiro atoms. The molecule has 1 aliphatic carbocycles. The van der Waals surface area contributed by atoms with E-state index in [2.05, 4.69) is 0 Å². The summed E-state index contributed by atoms with van der Waals surface area (Å²) in [5, 5.41) is 39.9. The van der Waals surface area contributed by atoms with Crippen LogP contribution < -0.4 is 0 Å². The zero-order chi connectivity index (χ0) is 29.0. The average molecular weight is 574 g/mol. The summed E-state index contributed by atoms with van der Waals surface area (Å²) >= 11 is 6.29. The maximum Gasteiger partial charge on any atom is 0.455 e. The molecule has 2 amide bonds. The first kappa shape index (κ1) is 30.3. The van der Waals surface area contributed by atoms with Gasteiger partial charge in [-0.3, -0.25) is 19.3 Å². The SMILES string of the molecule is CC/C(=C\c1ccc(O)cc1Cl)CC[C@H]1OB(O)C[C@H]2C1=C(CO)C[C@H]1C(=O)N(CCCCCC(=O)O)C(=O)[C@H]12. The van der Waals surface area contributed by atoms with Gasteiger partial charge in [-0.25, -0.2) is 0 Å². The molecular weight excluding hydrogens is 537 g/mol. The number of carboxylic acids is 1. The first-order valence-electron chi connectivity index (χ1n) is 14.1. The van der Waals surface area contributed by atoms with Crippen LogP contribution in [0.5, 0.6) is 5.75 Å². The van der Waals surface area contributed by atoms with Crippen LogP contribution in [-0.4, -0.2) is 69.4 Å². The Balaban J connectivity index is 1.50. The maximum atomic E-state index is 13.5. The van der Waals surface area contributed by atoms with E-state index in [1.165, 1.54) is 11.0 Å². The Morgan fingerprint density at radius 1 is 1.18 bits per heavy atom. The number of hydrogen-bond acceptors (Lipinski definition) is 7. The summed E-state index contributed by atoms with van der Waals surface area (Å²) in [6, 6.07) is 4.81. The van der Waals surface area contributed by atoms with Gasteiger partial charge in [0, 0.05) is 13.0 Å². The number of carbonyl (C=O) groups is 3. The molecule has 3 aliphatic rings. The fraction of sp³-hybridized carbons (Fsp3) is 0.552. The van der Waals surface area contributed by atoms with E-state index in [1.54, 1.807) is 12.1 Å². The van der Waals surface area contributed by atoms with E-state index in [9.17, 15) is 29.6 Å². The van der Waals surface area contributed by atoms with Crippen LogP contribution >= 0.6 is 11.6 Å². The van der Waals surface area contributed by atoms with Gasteiger partial charge in [-0.15, -0.1) is 0 Å². The van der Waals surface area contributed by atoms with Gasteiger partial charge in [-0.2, -0.15) is 0 Å². The quantitative estimate of drug-likeness (QED) is 0.127. The zero-order valence-electron chi connectivity index (χ0n) is 22.7. The molecule has 2 aliphatic heterocycles. The van der Waals surface area contributed by atoms with E-state index in [-0.39, 0.29) is 49.9 Å². The van der Waals surface area contributed by atoms with Crippen molar-refractivity contribution in [2.45, 2.75) is 70.7 Å². The van der Waals surface area contributed by atoms with Crippen molar-refractivity contribution in [2.75, 3.05) is 13.2 Å². The number of nitrogens with zero attached hydrogens (tertiary/aromatic N) is 1. The number of allylic oxidation sites excluding steroid dienone is 1. The number of carbonyl (C=O) groups excluding carboxylic acids is 2. The van der Waals surface area contributed by atoms with E-state index in [1.807, 2.05) is 13.0 Å². The molecule has 216 valence electrons. The number of amides is 2. The van der Waals surface area contributed by atoms with Crippen molar-refractivity contribution in [1.82, 2.24) is 4.90 Å². The summed E-state index contributed by atoms with van der Waals surface area (Å²) < 4.78 is 5.96. The van der Waals surface area contributed by atoms with Gasteiger partial charge < -0.3 is 25.0 Å². The molecule has 40 heavy (non-hydrogen) atoms. The Hall–Kier alpha value is -2.66. The Morgan fingerprint density at radius 2 is 1.95 bits per heavy atom. The molecule has 4 N–H and O–H groups in total. The number of aromatic hydroxyl groups is 1. The van der Waals surface area contributed by atoms with E-state index in [0.29, 0.717) is 42.7 Å². The highest BCUT2D eigenvalue weighted by molar-refractivity contribution is 6.43. The molecule has 0 aromatic heterocycles. The number of benzene rings is 1. The monoisotopic (exact) mass is 573 g/mol. The number of phenols is 1. The highest BCUT2D eigenvalue weighted by Gasteiger charge is 2.57. The Kier molecular flexibility index (Phi) is 10.1. The summed E-state index contributed by atoms with van der Waals surface area (Å²) in [6.07, 6.45) is 5.51. The third-order valence-electron chi connectivity index (χ3n) is 8.39. The number of fused-ring (bicyclic) bond motifs is 3. The standard InChI is InChI=1S/C29H37BClNO8/c1-2-17(12-18-8-9-20(34)14-23(18)31)7-10-24-26-19(16-33)13-21-27(22(26)15-30(39)40-24)29(38)32(28(21)37)11-5-3-4-6-25(35)36/h8-9,12,14,21-22,24,27,33-34,39H,2-7,10-11,13,15-16H2,1H3,(H,35,36)/b17-12+/t21-,22+,24-,27-/m1/s1. The van der Waals surface area contributed by atoms with Crippen molar-refractivity contribution < 1.29 is 39.4 Å². The van der Waals surface area contributed by atoms with Gasteiger partial charge in [0.05, 0.1) is 29.6 Å². The second kappa shape index (κ2) is 13.3. The first-order chi connectivity index (χ1) is 19.1. The number of likely N-dealkylation sites (tertiary alicyclic amines) is 1. The van der Waals surface area contributed by atoms with Crippen LogP contribution in [0.2, 0.25) is 11.3 Å². The maximum absolute atomic E-state index is 13.5. The van der Waals surface area contributed by atoms with Crippen molar-refractivity contribution in [1.29, 1.82) is 0 Å². The lowest BCUT2D eigenvalue weighted by Gasteiger charge is -2.43. The highest BCUT2D eigenvalue weighted by Crippen LogP contribution is 2.50. The summed E-state index contributed by atoms with van der Waals surface area (Å²) in [5.41, 5.74) is 3.41. The largest absolute Gasteiger partial charge is 0.508 e. The number of aliphatic hydroxyl groups excluding tert-OH is 1. The van der Waals surface area contributed by atoms with Gasteiger partial charge in [0.2, 0.25) is 11.8 Å². The van der Waals surface area contributed by atoms with Gasteiger partial charge in [-0.1, -0.05) is 36.6 Å². The van der Waals surface area contributed by atoms with Crippen molar-refractivity contribution in [3.05, 3.63) is 45.5 Å². The number of hydrogen-bond donors (Lipinski definition) is 4. The van der Waals surface area contributed by atoms with E-state index >= 15 is 0 Å². The predicted molar refractivity (Wildman–Crippen MR) is 150 cm³/mol. The smallest absolute Gasteiger partial charge is 0.455 e. The number of phenolic OH excluding ortho intramolecular Hbond substituents is 1. The van der Waals surface area contributed by atoms with Crippen molar-refractivity contribution >= 4 is 42.6 Å². The summed E-state index contributed by atoms with van der Waals surface area (Å²) in [5.74, 6) is -2.86. The fourth-order valence-electron chi connectivity index (χ4n) is 6.44. The Bertz CT molecular complexity index is 1200. The number of imide groups is 1. The molecule has 9 nitrogen and oxygen atoms in total. The fourth-order valence-corrected chi connectivity index (χ4v) is 6.67. The molecule has 0 saturated carbocycles. The topological polar surface area (TPSA) is 145 Å². The second-order valence-corrected chi connectivity index (χ2v) is 11.3. The molecule has 2 heterocycles. The molecule has 0 bridgehead atoms. The van der Waals surface area contributed by atoms with E-state index < -0.39 is 36.9 Å². The third kappa shape index (κ3) is 6.62. The molecule has 2 saturated heterocycles. The molecule has 4 atom stereocenters. The number of unbranched alkanes of at least 4 members (excludes halogenated alkanes) is 2. The number of carboxylic acid groups (broad SMARTS) is 1. The minimum Gasteiger partial charge on any atom is -0.508 e. The number of halogens is 1. The van der Waals surface area contributed by atoms with Gasteiger partial charge in [0.25, 0.3) is 0 Å². The van der Waals surface area contributed by atoms with E-state index in [4.69, 9.17) is 21.4 Å². The molecule has 1 aromatic carbocycles. The summed E-state index contributed by atoms with van der Waals surface area (Å²) in [6.45, 7) is 2.03. The molecule has 2 fully saturated rings. The second-order valence-electron chi connectivity index (χ2n) is 10.9. The van der Waals surface area contributed by atoms with Gasteiger partial charge in [0.1, 0.15) is 5.75 Å². The average Bonchev–Trinajstić information content (AvgIpc) is 3.15. The van der Waals surface area contributed by atoms with Crippen LogP contribution in [0.15, 0.2) is 34.9 Å². The lowest BCUT2D eigenvalue weighted by Crippen LogP contribution is -2.46. The third-order valence-corrected chi connectivity index (χ3v) is 8.72. The van der Waals surface area contributed by atoms with Crippen molar-refractivity contribution in [2.24, 2.45) is 17.8 Å². The Morgan fingerprint density at radius 3 is 2.62 bits per heavy atom. The number of aliphatic hydroxyl groups is 1. The van der Waals surface area contributed by atoms with Crippen LogP contribution in [-0.2, 0) is 19.0 Å². The van der Waals surface area contributed by atoms with E-state index in [0.717, 1.165) is 23.1 Å². The predicted octanol–water partition coefficient (Wildman–Crippen LogP) is 4.05. The zero-order valence-corrected chi connectivity index (χ0v) is 23.5. The highest BCUT2D eigenvalue weighted by atomic mass is 35.5. The van der Waals surface area contributed by atoms with Crippen LogP contribution in [0.3, 0.4) is 0 Å². The van der Waals surface area contributed by atoms with Gasteiger partial charge in [0.15, 0.2) is 0 Å². The summed E-state index contributed by atoms with van der Waals surface area (Å²) in [7, 11) is -1.09. The minimum atomic E-state index is -1.09. The van der Waals surface area contributed by atoms with Crippen LogP contribution in [0.25, 0.3) is 6.08 Å². The van der Waals surface area contributed by atoms with Crippen LogP contribution in [0.1, 0.15) is 63.9 Å². The lowest BCUT2D eigenvalue weighted by molar-refractivity contribution is -0.141. The first-order valence-corrected chi connectivity index (χ1v) is 14.4. The van der Waals surface area contributed by atoms with Crippen LogP contribution in [0, 0.1) is 17.8 Å². The van der Waals surface area contributed by atoms with Crippen molar-refractivity contribution in [3.8, 4) is 5.75 Å². The Labute approximate surface area is 239 Å². The molecule has 1 aromatic rings. The van der Waals surface area contributed by atoms with Gasteiger partial charge >= 0.3 is 13.1 Å².